The SMILES string of the molecule is CNC(=O)c1ccccc1NC(=O)C(C)(C)N. The standard InChI is InChI=1S/C12H17N3O2/c1-12(2,13)11(17)15-9-7-5-4-6-8(9)10(16)14-3/h4-7H,13H2,1-3H3,(H,14,16)(H,15,17). The second kappa shape index (κ2) is 4.97. The fourth-order valence-corrected chi connectivity index (χ4v) is 1.21. The van der Waals surface area contributed by atoms with E-state index in [1.807, 2.05) is 0 Å². The Kier molecular flexibility index (Phi) is 3.85. The molecule has 0 saturated carbocycles. The van der Waals surface area contributed by atoms with E-state index >= 15 is 0 Å². The van der Waals surface area contributed by atoms with Gasteiger partial charge >= 0.3 is 0 Å². The molecular weight excluding hydrogens is 218 g/mol. The highest BCUT2D eigenvalue weighted by Crippen LogP contribution is 2.16. The molecule has 0 radical (unpaired) electrons. The fraction of sp³-hybridized carbons (Fsp3) is 0.333. The fourth-order valence-electron chi connectivity index (χ4n) is 1.21. The van der Waals surface area contributed by atoms with Crippen LogP contribution in [0.4, 0.5) is 5.69 Å². The van der Waals surface area contributed by atoms with Crippen LogP contribution in [-0.2, 0) is 4.79 Å². The normalized spacial score (nSPS) is 10.8. The number of nitrogens with one attached hydrogen (secondary N) is 2. The predicted octanol–water partition coefficient (Wildman–Crippen LogP) is 0.722. The average molecular weight is 235 g/mol. The Morgan fingerprint density at radius 2 is 1.82 bits per heavy atom. The highest BCUT2D eigenvalue weighted by molar-refractivity contribution is 6.05. The van der Waals surface area contributed by atoms with Crippen LogP contribution in [-0.4, -0.2) is 24.4 Å². The number of amides is 2. The number of hydrogen-bond acceptors (Lipinski definition) is 3. The summed E-state index contributed by atoms with van der Waals surface area (Å²) in [6.07, 6.45) is 0. The van der Waals surface area contributed by atoms with Gasteiger partial charge in [0.2, 0.25) is 5.91 Å². The number of rotatable bonds is 3. The second-order valence-corrected chi connectivity index (χ2v) is 4.30. The number of carbonyl (C=O) groups excluding carboxylic acids is 2. The number of hydrogen-bond donors (Lipinski definition) is 3. The molecule has 17 heavy (non-hydrogen) atoms. The molecule has 1 rings (SSSR count). The van der Waals surface area contributed by atoms with E-state index in [-0.39, 0.29) is 11.8 Å². The summed E-state index contributed by atoms with van der Waals surface area (Å²) in [6.45, 7) is 3.20. The summed E-state index contributed by atoms with van der Waals surface area (Å²) in [5.41, 5.74) is 5.55. The van der Waals surface area contributed by atoms with Crippen molar-refractivity contribution in [1.29, 1.82) is 0 Å². The molecule has 0 aromatic heterocycles. The van der Waals surface area contributed by atoms with E-state index < -0.39 is 5.54 Å². The van der Waals surface area contributed by atoms with Crippen LogP contribution in [0.2, 0.25) is 0 Å². The van der Waals surface area contributed by atoms with Gasteiger partial charge in [-0.3, -0.25) is 9.59 Å². The van der Waals surface area contributed by atoms with Crippen LogP contribution in [0, 0.1) is 0 Å². The second-order valence-electron chi connectivity index (χ2n) is 4.30. The Morgan fingerprint density at radius 3 is 2.35 bits per heavy atom. The number of anilines is 1. The van der Waals surface area contributed by atoms with E-state index in [1.54, 1.807) is 38.1 Å². The maximum atomic E-state index is 11.7. The zero-order valence-electron chi connectivity index (χ0n) is 10.2. The van der Waals surface area contributed by atoms with E-state index in [0.29, 0.717) is 11.3 Å². The summed E-state index contributed by atoms with van der Waals surface area (Å²) in [5.74, 6) is -0.593. The zero-order chi connectivity index (χ0) is 13.1. The summed E-state index contributed by atoms with van der Waals surface area (Å²) in [4.78, 5) is 23.3. The van der Waals surface area contributed by atoms with Crippen molar-refractivity contribution in [3.05, 3.63) is 29.8 Å². The molecule has 1 aromatic rings. The van der Waals surface area contributed by atoms with Crippen molar-refractivity contribution in [3.8, 4) is 0 Å². The molecule has 92 valence electrons. The van der Waals surface area contributed by atoms with E-state index in [4.69, 9.17) is 5.73 Å². The molecule has 0 aliphatic rings. The number of para-hydroxylation sites is 1. The minimum atomic E-state index is -0.990. The van der Waals surface area contributed by atoms with Crippen molar-refractivity contribution in [2.45, 2.75) is 19.4 Å². The maximum absolute atomic E-state index is 11.7. The lowest BCUT2D eigenvalue weighted by molar-refractivity contribution is -0.120. The van der Waals surface area contributed by atoms with Gasteiger partial charge in [-0.1, -0.05) is 12.1 Å². The van der Waals surface area contributed by atoms with E-state index in [9.17, 15) is 9.59 Å². The van der Waals surface area contributed by atoms with Gasteiger partial charge in [-0.2, -0.15) is 0 Å². The third-order valence-electron chi connectivity index (χ3n) is 2.23. The Hall–Kier alpha value is -1.88. The van der Waals surface area contributed by atoms with Crippen LogP contribution in [0.25, 0.3) is 0 Å². The first-order valence-electron chi connectivity index (χ1n) is 5.27. The molecule has 4 N–H and O–H groups in total. The molecule has 2 amide bonds. The molecule has 5 heteroatoms. The molecular formula is C12H17N3O2. The summed E-state index contributed by atoms with van der Waals surface area (Å²) in [5, 5.41) is 5.15. The Bertz CT molecular complexity index is 436. The molecule has 0 aliphatic heterocycles. The molecule has 0 bridgehead atoms. The Morgan fingerprint density at radius 1 is 1.24 bits per heavy atom. The van der Waals surface area contributed by atoms with Gasteiger partial charge in [0, 0.05) is 7.05 Å². The van der Waals surface area contributed by atoms with Crippen LogP contribution in [0.3, 0.4) is 0 Å². The lowest BCUT2D eigenvalue weighted by atomic mass is 10.1. The van der Waals surface area contributed by atoms with Crippen LogP contribution in [0.1, 0.15) is 24.2 Å². The minimum Gasteiger partial charge on any atom is -0.355 e. The molecule has 0 saturated heterocycles. The van der Waals surface area contributed by atoms with Gasteiger partial charge in [-0.05, 0) is 26.0 Å². The first-order valence-corrected chi connectivity index (χ1v) is 5.27. The highest BCUT2D eigenvalue weighted by Gasteiger charge is 2.23. The largest absolute Gasteiger partial charge is 0.355 e. The van der Waals surface area contributed by atoms with Gasteiger partial charge in [-0.25, -0.2) is 0 Å². The topological polar surface area (TPSA) is 84.2 Å². The number of carbonyl (C=O) groups is 2. The van der Waals surface area contributed by atoms with Crippen molar-refractivity contribution in [2.75, 3.05) is 12.4 Å². The molecule has 5 nitrogen and oxygen atoms in total. The van der Waals surface area contributed by atoms with Gasteiger partial charge in [0.15, 0.2) is 0 Å². The van der Waals surface area contributed by atoms with Gasteiger partial charge < -0.3 is 16.4 Å². The van der Waals surface area contributed by atoms with E-state index in [2.05, 4.69) is 10.6 Å². The third kappa shape index (κ3) is 3.29. The summed E-state index contributed by atoms with van der Waals surface area (Å²) < 4.78 is 0. The minimum absolute atomic E-state index is 0.254. The Balaban J connectivity index is 2.99. The van der Waals surface area contributed by atoms with E-state index in [1.165, 1.54) is 7.05 Å². The van der Waals surface area contributed by atoms with Crippen LogP contribution in [0.5, 0.6) is 0 Å². The average Bonchev–Trinajstić information content (AvgIpc) is 2.27. The monoisotopic (exact) mass is 235 g/mol. The first kappa shape index (κ1) is 13.2. The van der Waals surface area contributed by atoms with Crippen molar-refractivity contribution < 1.29 is 9.59 Å². The van der Waals surface area contributed by atoms with Crippen LogP contribution < -0.4 is 16.4 Å². The smallest absolute Gasteiger partial charge is 0.253 e. The molecule has 0 atom stereocenters. The quantitative estimate of drug-likeness (QED) is 0.721. The maximum Gasteiger partial charge on any atom is 0.253 e. The van der Waals surface area contributed by atoms with Crippen molar-refractivity contribution in [1.82, 2.24) is 5.32 Å². The Labute approximate surface area is 100 Å². The summed E-state index contributed by atoms with van der Waals surface area (Å²) >= 11 is 0. The van der Waals surface area contributed by atoms with E-state index in [0.717, 1.165) is 0 Å². The van der Waals surface area contributed by atoms with Crippen molar-refractivity contribution in [3.63, 3.8) is 0 Å². The molecule has 0 heterocycles. The number of nitrogens with two attached hydrogens (primary N) is 1. The molecule has 0 fully saturated rings. The summed E-state index contributed by atoms with van der Waals surface area (Å²) in [6, 6.07) is 6.77. The molecule has 0 spiro atoms. The van der Waals surface area contributed by atoms with Crippen molar-refractivity contribution >= 4 is 17.5 Å². The lowest BCUT2D eigenvalue weighted by Gasteiger charge is -2.19. The lowest BCUT2D eigenvalue weighted by Crippen LogP contribution is -2.45. The van der Waals surface area contributed by atoms with Crippen LogP contribution in [0.15, 0.2) is 24.3 Å². The van der Waals surface area contributed by atoms with Crippen molar-refractivity contribution in [2.24, 2.45) is 5.73 Å². The molecule has 0 aliphatic carbocycles. The molecule has 0 unspecified atom stereocenters. The molecule has 1 aromatic carbocycles. The first-order chi connectivity index (χ1) is 7.86. The van der Waals surface area contributed by atoms with Gasteiger partial charge in [0.25, 0.3) is 5.91 Å². The number of benzene rings is 1. The predicted molar refractivity (Wildman–Crippen MR) is 66.7 cm³/mol. The van der Waals surface area contributed by atoms with Gasteiger partial charge in [0.05, 0.1) is 16.8 Å². The third-order valence-corrected chi connectivity index (χ3v) is 2.23. The zero-order valence-corrected chi connectivity index (χ0v) is 10.2. The highest BCUT2D eigenvalue weighted by atomic mass is 16.2. The van der Waals surface area contributed by atoms with Gasteiger partial charge in [0.1, 0.15) is 0 Å². The summed E-state index contributed by atoms with van der Waals surface area (Å²) in [7, 11) is 1.54. The van der Waals surface area contributed by atoms with Crippen LogP contribution >= 0.6 is 0 Å². The van der Waals surface area contributed by atoms with Gasteiger partial charge in [-0.15, -0.1) is 0 Å².